The van der Waals surface area contributed by atoms with E-state index in [2.05, 4.69) is 93.6 Å². The Morgan fingerprint density at radius 3 is 0.750 bits per heavy atom. The highest BCUT2D eigenvalue weighted by Crippen LogP contribution is 2.34. The predicted octanol–water partition coefficient (Wildman–Crippen LogP) is 13.4. The van der Waals surface area contributed by atoms with Crippen LogP contribution in [0.4, 0.5) is 87.8 Å². The van der Waals surface area contributed by atoms with Crippen LogP contribution in [0, 0.1) is 130 Å². The van der Waals surface area contributed by atoms with Crippen molar-refractivity contribution in [1.82, 2.24) is 0 Å². The van der Waals surface area contributed by atoms with Crippen molar-refractivity contribution >= 4 is 38.9 Å². The summed E-state index contributed by atoms with van der Waals surface area (Å²) in [5, 5.41) is 0. The molecule has 0 aliphatic rings. The summed E-state index contributed by atoms with van der Waals surface area (Å²) in [6.07, 6.45) is -0.726. The summed E-state index contributed by atoms with van der Waals surface area (Å²) in [5.74, 6) is -71.4. The highest BCUT2D eigenvalue weighted by atomic mass is 32.2. The third-order valence-corrected chi connectivity index (χ3v) is 13.9. The maximum Gasteiger partial charge on any atom is 0.200 e. The smallest absolute Gasteiger partial charge is 0.200 e. The topological polar surface area (TPSA) is 0 Å². The molecule has 0 saturated heterocycles. The Bertz CT molecular complexity index is 2750. The molecule has 7 rings (SSSR count). The van der Waals surface area contributed by atoms with Gasteiger partial charge in [0.1, 0.15) is 52.7 Å². The van der Waals surface area contributed by atoms with Crippen LogP contribution in [0.3, 0.4) is 0 Å². The van der Waals surface area contributed by atoms with E-state index in [-0.39, 0.29) is 10.9 Å². The van der Waals surface area contributed by atoms with Gasteiger partial charge in [-0.25, -0.2) is 87.8 Å². The minimum absolute atomic E-state index is 0.0482. The van der Waals surface area contributed by atoms with Gasteiger partial charge in [-0.1, -0.05) is 73.7 Å². The normalized spacial score (nSPS) is 11.7. The molecular weight excluding hydrogens is 1020 g/mol. The van der Waals surface area contributed by atoms with Gasteiger partial charge in [0.25, 0.3) is 0 Å². The number of hydrogen-bond acceptors (Lipinski definition) is 0. The molecule has 0 aliphatic carbocycles. The van der Waals surface area contributed by atoms with E-state index in [1.54, 1.807) is 0 Å². The second-order valence-electron chi connectivity index (χ2n) is 16.2. The molecule has 7 aromatic carbocycles. The molecule has 0 unspecified atom stereocenters. The van der Waals surface area contributed by atoms with Crippen LogP contribution >= 0.6 is 0 Å². The summed E-state index contributed by atoms with van der Waals surface area (Å²) in [4.78, 5) is 4.18. The molecule has 0 bridgehead atoms. The van der Waals surface area contributed by atoms with Crippen LogP contribution < -0.4 is 21.9 Å². The molecule has 0 amide bonds. The third kappa shape index (κ3) is 9.53. The van der Waals surface area contributed by atoms with Crippen LogP contribution in [-0.4, -0.2) is 6.15 Å². The van der Waals surface area contributed by atoms with Gasteiger partial charge in [0.15, 0.2) is 84.5 Å². The molecule has 72 heavy (non-hydrogen) atoms. The molecule has 0 heterocycles. The lowest BCUT2D eigenvalue weighted by atomic mass is 9.12. The Morgan fingerprint density at radius 2 is 0.514 bits per heavy atom. The van der Waals surface area contributed by atoms with Crippen molar-refractivity contribution in [2.75, 3.05) is 0 Å². The molecule has 22 heteroatoms. The molecule has 0 radical (unpaired) electrons. The second kappa shape index (κ2) is 21.7. The van der Waals surface area contributed by atoms with Crippen LogP contribution in [-0.2, 0) is 17.3 Å². The van der Waals surface area contributed by atoms with E-state index in [1.165, 1.54) is 63.5 Å². The van der Waals surface area contributed by atoms with Gasteiger partial charge in [0.05, 0.1) is 10.9 Å². The fourth-order valence-corrected chi connectivity index (χ4v) is 10.2. The van der Waals surface area contributed by atoms with Crippen molar-refractivity contribution in [2.45, 2.75) is 67.6 Å². The van der Waals surface area contributed by atoms with Gasteiger partial charge < -0.3 is 0 Å². The van der Waals surface area contributed by atoms with E-state index < -0.39 is 144 Å². The summed E-state index contributed by atoms with van der Waals surface area (Å²) in [7, 11) is -0.0482. The monoisotopic (exact) mass is 1050 g/mol. The van der Waals surface area contributed by atoms with E-state index in [9.17, 15) is 52.7 Å². The lowest BCUT2D eigenvalue weighted by Crippen LogP contribution is -2.81. The second-order valence-corrected chi connectivity index (χ2v) is 18.2. The summed E-state index contributed by atoms with van der Waals surface area (Å²) < 4.78 is 294. The molecule has 0 aromatic heterocycles. The Labute approximate surface area is 399 Å². The molecule has 0 nitrogen and oxygen atoms in total. The fourth-order valence-electron chi connectivity index (χ4n) is 8.18. The average Bonchev–Trinajstić information content (AvgIpc) is 3.37. The van der Waals surface area contributed by atoms with Crippen LogP contribution in [0.5, 0.6) is 0 Å². The standard InChI is InChI=1S/C26H31S.C24BF20/c1-4-5-6-7-8-23-13-19-26(20-14-23)27(24-15-9-21(2)10-16-24)25-17-11-22(3)12-18-25;26-5-1(6(27)14(35)21(42)13(5)34)25(2-7(28)15(36)22(43)16(37)8(2)29,3-9(30)17(38)23(44)18(39)10(3)31)4-11(32)19(40)24(45)20(41)12(4)33/h9-20H,4-8H2,1-3H3;/q+1;-1. The van der Waals surface area contributed by atoms with E-state index in [0.717, 1.165) is 0 Å². The van der Waals surface area contributed by atoms with Gasteiger partial charge in [0.2, 0.25) is 0 Å². The van der Waals surface area contributed by atoms with Crippen molar-refractivity contribution in [3.8, 4) is 0 Å². The van der Waals surface area contributed by atoms with Gasteiger partial charge in [-0.15, -0.1) is 21.9 Å². The highest BCUT2D eigenvalue weighted by molar-refractivity contribution is 7.97. The molecule has 7 aromatic rings. The molecule has 0 atom stereocenters. The lowest BCUT2D eigenvalue weighted by molar-refractivity contribution is 0.378. The maximum absolute atomic E-state index is 15.4. The molecule has 0 fully saturated rings. The molecule has 0 saturated carbocycles. The van der Waals surface area contributed by atoms with Crippen molar-refractivity contribution < 1.29 is 87.8 Å². The molecule has 0 spiro atoms. The molecule has 0 N–H and O–H groups in total. The van der Waals surface area contributed by atoms with Gasteiger partial charge >= 0.3 is 0 Å². The van der Waals surface area contributed by atoms with Crippen molar-refractivity contribution in [1.29, 1.82) is 0 Å². The van der Waals surface area contributed by atoms with Crippen LogP contribution in [0.15, 0.2) is 87.5 Å². The van der Waals surface area contributed by atoms with Crippen LogP contribution in [0.2, 0.25) is 0 Å². The number of hydrogen-bond donors (Lipinski definition) is 0. The first kappa shape index (κ1) is 54.9. The molecule has 0 aliphatic heterocycles. The zero-order valence-corrected chi connectivity index (χ0v) is 37.8. The van der Waals surface area contributed by atoms with E-state index in [0.29, 0.717) is 0 Å². The predicted molar refractivity (Wildman–Crippen MR) is 228 cm³/mol. The first-order valence-electron chi connectivity index (χ1n) is 21.1. The van der Waals surface area contributed by atoms with Crippen molar-refractivity contribution in [3.63, 3.8) is 0 Å². The number of rotatable bonds is 12. The Hall–Kier alpha value is -6.45. The SMILES string of the molecule is CCCCCCc1ccc([S+](c2ccc(C)cc2)c2ccc(C)cc2)cc1.Fc1c(F)c(F)c([B-](c2c(F)c(F)c(F)c(F)c2F)(c2c(F)c(F)c(F)c(F)c2F)c2c(F)c(F)c(F)c(F)c2F)c(F)c1F. The fraction of sp³-hybridized carbons (Fsp3) is 0.160. The summed E-state index contributed by atoms with van der Waals surface area (Å²) in [6.45, 7) is 6.58. The molecular formula is C50H31BF20S. The largest absolute Gasteiger partial charge is 0.207 e. The number of unbranched alkanes of at least 4 members (excludes halogenated alkanes) is 3. The third-order valence-electron chi connectivity index (χ3n) is 11.7. The zero-order chi connectivity index (χ0) is 53.4. The number of halogens is 20. The van der Waals surface area contributed by atoms with Crippen LogP contribution in [0.1, 0.15) is 49.3 Å². The first-order valence-corrected chi connectivity index (χ1v) is 22.3. The maximum atomic E-state index is 15.4. The van der Waals surface area contributed by atoms with Crippen LogP contribution in [0.25, 0.3) is 0 Å². The number of aryl methyl sites for hydroxylation is 3. The van der Waals surface area contributed by atoms with Gasteiger partial charge in [-0.2, -0.15) is 0 Å². The quantitative estimate of drug-likeness (QED) is 0.0286. The van der Waals surface area contributed by atoms with E-state index in [1.807, 2.05) is 0 Å². The number of benzene rings is 7. The summed E-state index contributed by atoms with van der Waals surface area (Å²) in [5.41, 5.74) is -10.2. The van der Waals surface area contributed by atoms with Gasteiger partial charge in [-0.3, -0.25) is 0 Å². The Kier molecular flexibility index (Phi) is 16.6. The van der Waals surface area contributed by atoms with Crippen molar-refractivity contribution in [2.24, 2.45) is 0 Å². The van der Waals surface area contributed by atoms with Gasteiger partial charge in [0, 0.05) is 0 Å². The summed E-state index contributed by atoms with van der Waals surface area (Å²) >= 11 is 0. The average molecular weight is 1050 g/mol. The first-order chi connectivity index (χ1) is 33.9. The van der Waals surface area contributed by atoms with E-state index in [4.69, 9.17) is 0 Å². The zero-order valence-electron chi connectivity index (χ0n) is 37.0. The van der Waals surface area contributed by atoms with E-state index >= 15 is 35.1 Å². The minimum Gasteiger partial charge on any atom is -0.207 e. The summed E-state index contributed by atoms with van der Waals surface area (Å²) in [6, 6.07) is 27.4. The Balaban J connectivity index is 0.000000266. The van der Waals surface area contributed by atoms with Crippen molar-refractivity contribution in [3.05, 3.63) is 206 Å². The molecule has 380 valence electrons. The van der Waals surface area contributed by atoms with Gasteiger partial charge in [-0.05, 0) is 68.7 Å². The minimum atomic E-state index is -7.22. The highest BCUT2D eigenvalue weighted by Gasteiger charge is 2.52. The Morgan fingerprint density at radius 1 is 0.292 bits per heavy atom. The lowest BCUT2D eigenvalue weighted by Gasteiger charge is -2.44.